The SMILES string of the molecule is CC1CCC(Cn2c(C(C)c3ncccc3F)nc3cc(Cl)nc(-c4cncc(Cl)c4)c32)CC1. The number of fused-ring (bicyclic) bond motifs is 1. The average molecular weight is 498 g/mol. The number of halogens is 3. The fraction of sp³-hybridized carbons (Fsp3) is 0.385. The van der Waals surface area contributed by atoms with Crippen LogP contribution in [0.25, 0.3) is 22.3 Å². The molecule has 0 N–H and O–H groups in total. The van der Waals surface area contributed by atoms with Crippen molar-refractivity contribution >= 4 is 34.2 Å². The van der Waals surface area contributed by atoms with E-state index in [2.05, 4.69) is 26.4 Å². The van der Waals surface area contributed by atoms with Crippen LogP contribution in [0.15, 0.2) is 42.9 Å². The van der Waals surface area contributed by atoms with Gasteiger partial charge < -0.3 is 4.57 Å². The molecule has 0 spiro atoms. The maximum absolute atomic E-state index is 14.7. The molecule has 4 aromatic heterocycles. The van der Waals surface area contributed by atoms with E-state index in [0.717, 1.165) is 47.7 Å². The van der Waals surface area contributed by atoms with Gasteiger partial charge in [-0.25, -0.2) is 14.4 Å². The topological polar surface area (TPSA) is 56.5 Å². The fourth-order valence-corrected chi connectivity index (χ4v) is 5.37. The molecule has 0 radical (unpaired) electrons. The van der Waals surface area contributed by atoms with Gasteiger partial charge in [-0.15, -0.1) is 0 Å². The highest BCUT2D eigenvalue weighted by Gasteiger charge is 2.27. The molecule has 1 fully saturated rings. The highest BCUT2D eigenvalue weighted by Crippen LogP contribution is 2.37. The third kappa shape index (κ3) is 4.53. The number of imidazole rings is 1. The summed E-state index contributed by atoms with van der Waals surface area (Å²) in [6.07, 6.45) is 9.67. The predicted molar refractivity (Wildman–Crippen MR) is 134 cm³/mol. The lowest BCUT2D eigenvalue weighted by atomic mass is 9.83. The molecule has 1 saturated carbocycles. The summed E-state index contributed by atoms with van der Waals surface area (Å²) in [6.45, 7) is 5.04. The first-order valence-corrected chi connectivity index (χ1v) is 12.4. The van der Waals surface area contributed by atoms with Crippen LogP contribution in [-0.4, -0.2) is 24.5 Å². The van der Waals surface area contributed by atoms with Crippen molar-refractivity contribution in [2.75, 3.05) is 0 Å². The van der Waals surface area contributed by atoms with E-state index in [-0.39, 0.29) is 11.7 Å². The summed E-state index contributed by atoms with van der Waals surface area (Å²) in [5.74, 6) is 1.33. The van der Waals surface area contributed by atoms with Crippen molar-refractivity contribution in [2.24, 2.45) is 11.8 Å². The Labute approximate surface area is 208 Å². The molecule has 5 nitrogen and oxygen atoms in total. The monoisotopic (exact) mass is 497 g/mol. The van der Waals surface area contributed by atoms with Gasteiger partial charge in [-0.05, 0) is 49.8 Å². The number of rotatable bonds is 5. The summed E-state index contributed by atoms with van der Waals surface area (Å²) in [5, 5.41) is 0.853. The average Bonchev–Trinajstić information content (AvgIpc) is 3.17. The summed E-state index contributed by atoms with van der Waals surface area (Å²) < 4.78 is 16.9. The molecule has 34 heavy (non-hydrogen) atoms. The smallest absolute Gasteiger partial charge is 0.145 e. The zero-order valence-electron chi connectivity index (χ0n) is 19.2. The maximum Gasteiger partial charge on any atom is 0.145 e. The van der Waals surface area contributed by atoms with Crippen molar-refractivity contribution in [3.8, 4) is 11.3 Å². The number of pyridine rings is 3. The van der Waals surface area contributed by atoms with Gasteiger partial charge >= 0.3 is 0 Å². The van der Waals surface area contributed by atoms with Gasteiger partial charge in [0, 0.05) is 36.8 Å². The molecule has 0 bridgehead atoms. The summed E-state index contributed by atoms with van der Waals surface area (Å²) in [4.78, 5) is 18.2. The van der Waals surface area contributed by atoms with Crippen molar-refractivity contribution in [3.05, 3.63) is 70.4 Å². The van der Waals surface area contributed by atoms with E-state index in [4.69, 9.17) is 28.2 Å². The molecular weight excluding hydrogens is 472 g/mol. The molecule has 8 heteroatoms. The van der Waals surface area contributed by atoms with Crippen LogP contribution in [0.5, 0.6) is 0 Å². The quantitative estimate of drug-likeness (QED) is 0.271. The Kier molecular flexibility index (Phi) is 6.54. The Hall–Kier alpha value is -2.57. The predicted octanol–water partition coefficient (Wildman–Crippen LogP) is 7.31. The summed E-state index contributed by atoms with van der Waals surface area (Å²) in [6, 6.07) is 6.64. The van der Waals surface area contributed by atoms with Crippen molar-refractivity contribution in [1.29, 1.82) is 0 Å². The van der Waals surface area contributed by atoms with E-state index in [9.17, 15) is 4.39 Å². The lowest BCUT2D eigenvalue weighted by Crippen LogP contribution is -2.20. The van der Waals surface area contributed by atoms with E-state index in [1.54, 1.807) is 30.7 Å². The summed E-state index contributed by atoms with van der Waals surface area (Å²) in [5.41, 5.74) is 3.40. The highest BCUT2D eigenvalue weighted by atomic mass is 35.5. The molecular formula is C26H26Cl2FN5. The van der Waals surface area contributed by atoms with Crippen LogP contribution in [0, 0.1) is 17.7 Å². The lowest BCUT2D eigenvalue weighted by molar-refractivity contribution is 0.264. The van der Waals surface area contributed by atoms with Crippen molar-refractivity contribution in [3.63, 3.8) is 0 Å². The molecule has 5 rings (SSSR count). The van der Waals surface area contributed by atoms with Crippen molar-refractivity contribution < 1.29 is 4.39 Å². The van der Waals surface area contributed by atoms with Crippen molar-refractivity contribution in [1.82, 2.24) is 24.5 Å². The van der Waals surface area contributed by atoms with Crippen LogP contribution >= 0.6 is 23.2 Å². The Morgan fingerprint density at radius 2 is 1.91 bits per heavy atom. The molecule has 0 aliphatic heterocycles. The van der Waals surface area contributed by atoms with Crippen LogP contribution in [0.2, 0.25) is 10.2 Å². The Bertz CT molecular complexity index is 1330. The molecule has 4 aromatic rings. The van der Waals surface area contributed by atoms with Gasteiger partial charge in [0.1, 0.15) is 16.8 Å². The van der Waals surface area contributed by atoms with E-state index < -0.39 is 0 Å². The van der Waals surface area contributed by atoms with Gasteiger partial charge in [-0.3, -0.25) is 9.97 Å². The van der Waals surface area contributed by atoms with Crippen molar-refractivity contribution in [2.45, 2.75) is 52.0 Å². The van der Waals surface area contributed by atoms with E-state index in [1.807, 2.05) is 13.0 Å². The molecule has 0 aromatic carbocycles. The number of nitrogens with zero attached hydrogens (tertiary/aromatic N) is 5. The zero-order chi connectivity index (χ0) is 23.8. The lowest BCUT2D eigenvalue weighted by Gasteiger charge is -2.28. The van der Waals surface area contributed by atoms with Gasteiger partial charge in [0.05, 0.1) is 33.4 Å². The van der Waals surface area contributed by atoms with Gasteiger partial charge in [0.25, 0.3) is 0 Å². The van der Waals surface area contributed by atoms with Gasteiger partial charge in [-0.2, -0.15) is 0 Å². The summed E-state index contributed by atoms with van der Waals surface area (Å²) >= 11 is 12.7. The maximum atomic E-state index is 14.7. The van der Waals surface area contributed by atoms with Crippen LogP contribution in [-0.2, 0) is 6.54 Å². The Morgan fingerprint density at radius 1 is 1.12 bits per heavy atom. The minimum Gasteiger partial charge on any atom is -0.325 e. The third-order valence-electron chi connectivity index (χ3n) is 6.86. The number of aromatic nitrogens is 5. The third-order valence-corrected chi connectivity index (χ3v) is 7.26. The van der Waals surface area contributed by atoms with Crippen LogP contribution in [0.3, 0.4) is 0 Å². The Balaban J connectivity index is 1.71. The van der Waals surface area contributed by atoms with E-state index >= 15 is 0 Å². The molecule has 1 unspecified atom stereocenters. The Morgan fingerprint density at radius 3 is 2.65 bits per heavy atom. The first-order chi connectivity index (χ1) is 16.4. The minimum atomic E-state index is -0.347. The van der Waals surface area contributed by atoms with E-state index in [0.29, 0.717) is 27.5 Å². The van der Waals surface area contributed by atoms with Gasteiger partial charge in [-0.1, -0.05) is 43.0 Å². The zero-order valence-corrected chi connectivity index (χ0v) is 20.7. The normalized spacial score (nSPS) is 19.4. The molecule has 0 amide bonds. The van der Waals surface area contributed by atoms with Crippen LogP contribution < -0.4 is 0 Å². The fourth-order valence-electron chi connectivity index (χ4n) is 5.01. The number of hydrogen-bond donors (Lipinski definition) is 0. The molecule has 0 saturated heterocycles. The second kappa shape index (κ2) is 9.59. The number of hydrogen-bond acceptors (Lipinski definition) is 4. The second-order valence-electron chi connectivity index (χ2n) is 9.35. The van der Waals surface area contributed by atoms with Gasteiger partial charge in [0.2, 0.25) is 0 Å². The molecule has 1 aliphatic carbocycles. The highest BCUT2D eigenvalue weighted by molar-refractivity contribution is 6.31. The molecule has 1 aliphatic rings. The van der Waals surface area contributed by atoms with Crippen LogP contribution in [0.1, 0.15) is 57.0 Å². The first-order valence-electron chi connectivity index (χ1n) is 11.7. The first kappa shape index (κ1) is 23.2. The summed E-state index contributed by atoms with van der Waals surface area (Å²) in [7, 11) is 0. The second-order valence-corrected chi connectivity index (χ2v) is 10.2. The largest absolute Gasteiger partial charge is 0.325 e. The molecule has 4 heterocycles. The standard InChI is InChI=1S/C26H26Cl2FN5/c1-15-5-7-17(8-6-15)14-34-25-21(32-26(34)16(2)23-20(29)4-3-9-31-23)11-22(28)33-24(25)18-10-19(27)13-30-12-18/h3-4,9-13,15-17H,5-8,14H2,1-2H3. The van der Waals surface area contributed by atoms with E-state index in [1.165, 1.54) is 18.9 Å². The van der Waals surface area contributed by atoms with Gasteiger partial charge in [0.15, 0.2) is 0 Å². The molecule has 176 valence electrons. The minimum absolute atomic E-state index is 0.335. The molecule has 1 atom stereocenters. The van der Waals surface area contributed by atoms with Crippen LogP contribution in [0.4, 0.5) is 4.39 Å².